The highest BCUT2D eigenvalue weighted by Gasteiger charge is 2.28. The van der Waals surface area contributed by atoms with Crippen LogP contribution in [0.1, 0.15) is 19.8 Å². The van der Waals surface area contributed by atoms with Crippen LogP contribution in [0, 0.1) is 0 Å². The van der Waals surface area contributed by atoms with Gasteiger partial charge < -0.3 is 16.2 Å². The molecule has 1 aromatic carbocycles. The summed E-state index contributed by atoms with van der Waals surface area (Å²) in [6.45, 7) is 1.76. The van der Waals surface area contributed by atoms with E-state index in [2.05, 4.69) is 0 Å². The van der Waals surface area contributed by atoms with Gasteiger partial charge in [0.05, 0.1) is 13.7 Å². The maximum Gasteiger partial charge on any atom is 0.247 e. The fourth-order valence-corrected chi connectivity index (χ4v) is 3.46. The minimum Gasteiger partial charge on any atom is -0.495 e. The maximum atomic E-state index is 12.7. The Kier molecular flexibility index (Phi) is 5.98. The zero-order valence-electron chi connectivity index (χ0n) is 12.2. The van der Waals surface area contributed by atoms with Crippen LogP contribution in [0.5, 0.6) is 5.75 Å². The first-order valence-electron chi connectivity index (χ1n) is 6.55. The number of benzene rings is 1. The van der Waals surface area contributed by atoms with E-state index in [1.165, 1.54) is 19.2 Å². The summed E-state index contributed by atoms with van der Waals surface area (Å²) in [4.78, 5) is 11.1. The summed E-state index contributed by atoms with van der Waals surface area (Å²) in [5.74, 6) is -0.535. The number of primary amides is 1. The fourth-order valence-electron chi connectivity index (χ4n) is 1.83. The number of nitrogens with zero attached hydrogens (tertiary/aromatic N) is 1. The van der Waals surface area contributed by atoms with E-state index in [4.69, 9.17) is 16.2 Å². The van der Waals surface area contributed by atoms with E-state index >= 15 is 0 Å². The first kappa shape index (κ1) is 17.3. The van der Waals surface area contributed by atoms with Crippen LogP contribution in [0.3, 0.4) is 0 Å². The number of hydrogen-bond donors (Lipinski definition) is 2. The van der Waals surface area contributed by atoms with Gasteiger partial charge in [-0.05, 0) is 24.6 Å². The molecule has 1 rings (SSSR count). The Hall–Kier alpha value is -1.80. The van der Waals surface area contributed by atoms with Crippen molar-refractivity contribution in [3.8, 4) is 5.75 Å². The summed E-state index contributed by atoms with van der Waals surface area (Å²) < 4.78 is 31.5. The summed E-state index contributed by atoms with van der Waals surface area (Å²) in [6, 6.07) is 4.33. The normalized spacial score (nSPS) is 11.6. The molecule has 0 saturated carbocycles. The number of nitrogens with two attached hydrogens (primary N) is 2. The van der Waals surface area contributed by atoms with Gasteiger partial charge in [-0.3, -0.25) is 4.79 Å². The van der Waals surface area contributed by atoms with Gasteiger partial charge in [0.15, 0.2) is 0 Å². The van der Waals surface area contributed by atoms with E-state index in [9.17, 15) is 13.2 Å². The highest BCUT2D eigenvalue weighted by atomic mass is 32.2. The van der Waals surface area contributed by atoms with E-state index in [0.717, 1.165) is 10.7 Å². The molecule has 0 radical (unpaired) electrons. The largest absolute Gasteiger partial charge is 0.495 e. The highest BCUT2D eigenvalue weighted by molar-refractivity contribution is 7.89. The molecule has 0 atom stereocenters. The van der Waals surface area contributed by atoms with Crippen molar-refractivity contribution in [1.29, 1.82) is 0 Å². The van der Waals surface area contributed by atoms with Gasteiger partial charge in [0.25, 0.3) is 0 Å². The molecule has 0 aliphatic rings. The molecule has 0 aromatic heterocycles. The lowest BCUT2D eigenvalue weighted by molar-refractivity contribution is -0.118. The standard InChI is InChI=1S/C13H21N3O4S/c1-3-4-7-16(9-13(15)17)21(18,19)12-8-10(14)5-6-11(12)20-2/h5-6,8H,3-4,7,9,14H2,1-2H3,(H2,15,17). The number of methoxy groups -OCH3 is 1. The minimum atomic E-state index is -3.91. The van der Waals surface area contributed by atoms with E-state index < -0.39 is 15.9 Å². The van der Waals surface area contributed by atoms with Crippen LogP contribution in [-0.2, 0) is 14.8 Å². The second-order valence-corrected chi connectivity index (χ2v) is 6.48. The predicted molar refractivity (Wildman–Crippen MR) is 80.3 cm³/mol. The van der Waals surface area contributed by atoms with Crippen LogP contribution in [0.25, 0.3) is 0 Å². The molecule has 7 nitrogen and oxygen atoms in total. The molecule has 21 heavy (non-hydrogen) atoms. The lowest BCUT2D eigenvalue weighted by Gasteiger charge is -2.22. The van der Waals surface area contributed by atoms with Crippen LogP contribution in [0.4, 0.5) is 5.69 Å². The number of rotatable bonds is 8. The molecular weight excluding hydrogens is 294 g/mol. The van der Waals surface area contributed by atoms with Gasteiger partial charge in [-0.2, -0.15) is 4.31 Å². The predicted octanol–water partition coefficient (Wildman–Crippen LogP) is 0.554. The summed E-state index contributed by atoms with van der Waals surface area (Å²) in [6.07, 6.45) is 1.41. The third kappa shape index (κ3) is 4.33. The Morgan fingerprint density at radius 1 is 1.38 bits per heavy atom. The topological polar surface area (TPSA) is 116 Å². The number of carbonyl (C=O) groups is 1. The number of anilines is 1. The summed E-state index contributed by atoms with van der Waals surface area (Å²) in [5.41, 5.74) is 11.1. The SMILES string of the molecule is CCCCN(CC(N)=O)S(=O)(=O)c1cc(N)ccc1OC. The Morgan fingerprint density at radius 3 is 2.57 bits per heavy atom. The molecule has 1 amide bonds. The Morgan fingerprint density at radius 2 is 2.05 bits per heavy atom. The lowest BCUT2D eigenvalue weighted by Crippen LogP contribution is -2.39. The molecule has 0 fully saturated rings. The molecule has 0 aliphatic carbocycles. The average Bonchev–Trinajstić information content (AvgIpc) is 2.42. The molecule has 0 heterocycles. The van der Waals surface area contributed by atoms with Gasteiger partial charge in [0.1, 0.15) is 10.6 Å². The first-order chi connectivity index (χ1) is 9.82. The number of unbranched alkanes of at least 4 members (excludes halogenated alkanes) is 1. The van der Waals surface area contributed by atoms with Crippen LogP contribution < -0.4 is 16.2 Å². The molecule has 0 aliphatic heterocycles. The first-order valence-corrected chi connectivity index (χ1v) is 7.99. The zero-order chi connectivity index (χ0) is 16.0. The van der Waals surface area contributed by atoms with Crippen molar-refractivity contribution < 1.29 is 17.9 Å². The number of amides is 1. The Bertz CT molecular complexity index is 601. The van der Waals surface area contributed by atoms with Gasteiger partial charge in [-0.15, -0.1) is 0 Å². The third-order valence-corrected chi connectivity index (χ3v) is 4.77. The van der Waals surface area contributed by atoms with Crippen molar-refractivity contribution in [2.45, 2.75) is 24.7 Å². The number of sulfonamides is 1. The molecule has 118 valence electrons. The Balaban J connectivity index is 3.27. The Labute approximate surface area is 124 Å². The second kappa shape index (κ2) is 7.28. The molecule has 4 N–H and O–H groups in total. The molecule has 0 spiro atoms. The number of ether oxygens (including phenoxy) is 1. The second-order valence-electron chi connectivity index (χ2n) is 4.57. The summed E-state index contributed by atoms with van der Waals surface area (Å²) >= 11 is 0. The van der Waals surface area contributed by atoms with Crippen molar-refractivity contribution in [3.05, 3.63) is 18.2 Å². The van der Waals surface area contributed by atoms with E-state index in [1.54, 1.807) is 6.07 Å². The quantitative estimate of drug-likeness (QED) is 0.680. The molecular formula is C13H21N3O4S. The van der Waals surface area contributed by atoms with Crippen molar-refractivity contribution >= 4 is 21.6 Å². The molecule has 8 heteroatoms. The van der Waals surface area contributed by atoms with Crippen molar-refractivity contribution in [1.82, 2.24) is 4.31 Å². The summed E-state index contributed by atoms with van der Waals surface area (Å²) in [7, 11) is -2.54. The smallest absolute Gasteiger partial charge is 0.247 e. The monoisotopic (exact) mass is 315 g/mol. The van der Waals surface area contributed by atoms with Gasteiger partial charge in [-0.1, -0.05) is 13.3 Å². The lowest BCUT2D eigenvalue weighted by atomic mass is 10.3. The fraction of sp³-hybridized carbons (Fsp3) is 0.462. The van der Waals surface area contributed by atoms with E-state index in [-0.39, 0.29) is 23.7 Å². The average molecular weight is 315 g/mol. The minimum absolute atomic E-state index is 0.0673. The third-order valence-electron chi connectivity index (χ3n) is 2.90. The van der Waals surface area contributed by atoms with Crippen molar-refractivity contribution in [2.24, 2.45) is 5.73 Å². The number of nitrogen functional groups attached to an aromatic ring is 1. The van der Waals surface area contributed by atoms with Gasteiger partial charge in [0.2, 0.25) is 15.9 Å². The van der Waals surface area contributed by atoms with Crippen LogP contribution in [0.15, 0.2) is 23.1 Å². The number of hydrogen-bond acceptors (Lipinski definition) is 5. The maximum absolute atomic E-state index is 12.7. The molecule has 0 saturated heterocycles. The van der Waals surface area contributed by atoms with Crippen LogP contribution >= 0.6 is 0 Å². The molecule has 0 unspecified atom stereocenters. The number of carbonyl (C=O) groups excluding carboxylic acids is 1. The van der Waals surface area contributed by atoms with Crippen molar-refractivity contribution in [2.75, 3.05) is 25.9 Å². The highest BCUT2D eigenvalue weighted by Crippen LogP contribution is 2.28. The van der Waals surface area contributed by atoms with E-state index in [1.807, 2.05) is 6.92 Å². The van der Waals surface area contributed by atoms with E-state index in [0.29, 0.717) is 12.1 Å². The van der Waals surface area contributed by atoms with Crippen molar-refractivity contribution in [3.63, 3.8) is 0 Å². The summed E-state index contributed by atoms with van der Waals surface area (Å²) in [5, 5.41) is 0. The van der Waals surface area contributed by atoms with Crippen LogP contribution in [0.2, 0.25) is 0 Å². The van der Waals surface area contributed by atoms with Gasteiger partial charge >= 0.3 is 0 Å². The van der Waals surface area contributed by atoms with Gasteiger partial charge in [0, 0.05) is 12.2 Å². The molecule has 1 aromatic rings. The van der Waals surface area contributed by atoms with Crippen LogP contribution in [-0.4, -0.2) is 38.8 Å². The zero-order valence-corrected chi connectivity index (χ0v) is 13.0. The van der Waals surface area contributed by atoms with Gasteiger partial charge in [-0.25, -0.2) is 8.42 Å². The molecule has 0 bridgehead atoms.